The van der Waals surface area contributed by atoms with Crippen LogP contribution in [0.5, 0.6) is 0 Å². The average Bonchev–Trinajstić information content (AvgIpc) is 2.36. The van der Waals surface area contributed by atoms with E-state index in [0.29, 0.717) is 6.04 Å². The second-order valence-electron chi connectivity index (χ2n) is 5.06. The molecule has 0 heterocycles. The number of hydrogen-bond acceptors (Lipinski definition) is 1. The Kier molecular flexibility index (Phi) is 8.52. The summed E-state index contributed by atoms with van der Waals surface area (Å²) >= 11 is 12.2. The van der Waals surface area contributed by atoms with Gasteiger partial charge < -0.3 is 5.32 Å². The minimum absolute atomic E-state index is 0.369. The van der Waals surface area contributed by atoms with Gasteiger partial charge in [-0.15, -0.1) is 0 Å². The van der Waals surface area contributed by atoms with Crippen molar-refractivity contribution in [2.75, 3.05) is 6.54 Å². The summed E-state index contributed by atoms with van der Waals surface area (Å²) in [5.74, 6) is 0. The molecule has 0 fully saturated rings. The Hall–Kier alpha value is -0.240. The van der Waals surface area contributed by atoms with Crippen molar-refractivity contribution in [2.45, 2.75) is 58.4 Å². The number of hydrogen-bond donors (Lipinski definition) is 1. The van der Waals surface area contributed by atoms with E-state index >= 15 is 0 Å². The molecule has 1 unspecified atom stereocenters. The van der Waals surface area contributed by atoms with Crippen LogP contribution in [0.1, 0.15) is 64.0 Å². The van der Waals surface area contributed by atoms with Gasteiger partial charge in [0.25, 0.3) is 0 Å². The predicted molar refractivity (Wildman–Crippen MR) is 86.3 cm³/mol. The van der Waals surface area contributed by atoms with Gasteiger partial charge in [0.1, 0.15) is 0 Å². The van der Waals surface area contributed by atoms with Crippen molar-refractivity contribution in [3.8, 4) is 0 Å². The summed E-state index contributed by atoms with van der Waals surface area (Å²) in [6.45, 7) is 5.46. The SMILES string of the molecule is CCCCCCC(NCCC)c1cc(Cl)cc(Cl)c1. The molecule has 108 valence electrons. The van der Waals surface area contributed by atoms with E-state index in [2.05, 4.69) is 19.2 Å². The number of nitrogens with one attached hydrogen (secondary N) is 1. The van der Waals surface area contributed by atoms with E-state index in [1.54, 1.807) is 6.07 Å². The van der Waals surface area contributed by atoms with Gasteiger partial charge in [0.2, 0.25) is 0 Å². The molecule has 1 nitrogen and oxygen atoms in total. The van der Waals surface area contributed by atoms with E-state index in [1.165, 1.54) is 31.2 Å². The van der Waals surface area contributed by atoms with Crippen LogP contribution in [0.15, 0.2) is 18.2 Å². The van der Waals surface area contributed by atoms with Gasteiger partial charge in [-0.3, -0.25) is 0 Å². The number of rotatable bonds is 9. The van der Waals surface area contributed by atoms with Crippen molar-refractivity contribution < 1.29 is 0 Å². The number of unbranched alkanes of at least 4 members (excludes halogenated alkanes) is 3. The highest BCUT2D eigenvalue weighted by Gasteiger charge is 2.11. The smallest absolute Gasteiger partial charge is 0.0424 e. The standard InChI is InChI=1S/C16H25Cl2N/c1-3-5-6-7-8-16(19-9-4-2)13-10-14(17)12-15(18)11-13/h10-12,16,19H,3-9H2,1-2H3. The molecule has 19 heavy (non-hydrogen) atoms. The zero-order chi connectivity index (χ0) is 14.1. The molecular weight excluding hydrogens is 277 g/mol. The molecule has 0 aromatic heterocycles. The maximum absolute atomic E-state index is 6.10. The van der Waals surface area contributed by atoms with E-state index in [4.69, 9.17) is 23.2 Å². The lowest BCUT2D eigenvalue weighted by molar-refractivity contribution is 0.470. The first kappa shape index (κ1) is 16.8. The Labute approximate surface area is 127 Å². The highest BCUT2D eigenvalue weighted by Crippen LogP contribution is 2.26. The second-order valence-corrected chi connectivity index (χ2v) is 5.93. The molecule has 0 aliphatic rings. The van der Waals surface area contributed by atoms with E-state index in [0.717, 1.165) is 29.4 Å². The molecule has 0 aliphatic carbocycles. The third kappa shape index (κ3) is 6.65. The lowest BCUT2D eigenvalue weighted by Gasteiger charge is -2.19. The van der Waals surface area contributed by atoms with E-state index in [9.17, 15) is 0 Å². The van der Waals surface area contributed by atoms with Gasteiger partial charge in [-0.05, 0) is 43.1 Å². The maximum atomic E-state index is 6.10. The number of halogens is 2. The molecule has 0 radical (unpaired) electrons. The van der Waals surface area contributed by atoms with Crippen molar-refractivity contribution in [1.29, 1.82) is 0 Å². The first-order valence-corrected chi connectivity index (χ1v) is 8.12. The van der Waals surface area contributed by atoms with Crippen LogP contribution in [0.4, 0.5) is 0 Å². The van der Waals surface area contributed by atoms with Crippen molar-refractivity contribution in [1.82, 2.24) is 5.32 Å². The Morgan fingerprint density at radius 2 is 1.63 bits per heavy atom. The molecule has 0 saturated heterocycles. The molecule has 1 aromatic carbocycles. The molecular formula is C16H25Cl2N. The molecule has 0 aliphatic heterocycles. The fourth-order valence-corrected chi connectivity index (χ4v) is 2.80. The second kappa shape index (κ2) is 9.63. The minimum atomic E-state index is 0.369. The summed E-state index contributed by atoms with van der Waals surface area (Å²) in [7, 11) is 0. The van der Waals surface area contributed by atoms with Gasteiger partial charge in [-0.1, -0.05) is 62.7 Å². The van der Waals surface area contributed by atoms with Crippen LogP contribution in [-0.4, -0.2) is 6.54 Å². The lowest BCUT2D eigenvalue weighted by atomic mass is 10.00. The third-order valence-electron chi connectivity index (χ3n) is 3.27. The molecule has 0 saturated carbocycles. The van der Waals surface area contributed by atoms with E-state index in [-0.39, 0.29) is 0 Å². The molecule has 1 atom stereocenters. The minimum Gasteiger partial charge on any atom is -0.310 e. The molecule has 1 aromatic rings. The van der Waals surface area contributed by atoms with Crippen LogP contribution in [0.25, 0.3) is 0 Å². The van der Waals surface area contributed by atoms with E-state index in [1.807, 2.05) is 12.1 Å². The van der Waals surface area contributed by atoms with Crippen LogP contribution < -0.4 is 5.32 Å². The van der Waals surface area contributed by atoms with Gasteiger partial charge >= 0.3 is 0 Å². The third-order valence-corrected chi connectivity index (χ3v) is 3.71. The topological polar surface area (TPSA) is 12.0 Å². The quantitative estimate of drug-likeness (QED) is 0.551. The molecule has 1 rings (SSSR count). The summed E-state index contributed by atoms with van der Waals surface area (Å²) < 4.78 is 0. The summed E-state index contributed by atoms with van der Waals surface area (Å²) in [6.07, 6.45) is 7.43. The van der Waals surface area contributed by atoms with Crippen molar-refractivity contribution in [2.24, 2.45) is 0 Å². The normalized spacial score (nSPS) is 12.6. The van der Waals surface area contributed by atoms with Crippen molar-refractivity contribution >= 4 is 23.2 Å². The molecule has 0 amide bonds. The zero-order valence-electron chi connectivity index (χ0n) is 12.0. The first-order valence-electron chi connectivity index (χ1n) is 7.36. The fraction of sp³-hybridized carbons (Fsp3) is 0.625. The Bertz CT molecular complexity index is 346. The largest absolute Gasteiger partial charge is 0.310 e. The molecule has 3 heteroatoms. The summed E-state index contributed by atoms with van der Waals surface area (Å²) in [5, 5.41) is 5.04. The molecule has 0 bridgehead atoms. The van der Waals surface area contributed by atoms with Gasteiger partial charge in [-0.25, -0.2) is 0 Å². The fourth-order valence-electron chi connectivity index (χ4n) is 2.26. The zero-order valence-corrected chi connectivity index (χ0v) is 13.5. The van der Waals surface area contributed by atoms with Crippen molar-refractivity contribution in [3.05, 3.63) is 33.8 Å². The summed E-state index contributed by atoms with van der Waals surface area (Å²) in [5.41, 5.74) is 1.21. The van der Waals surface area contributed by atoms with Crippen molar-refractivity contribution in [3.63, 3.8) is 0 Å². The molecule has 0 spiro atoms. The monoisotopic (exact) mass is 301 g/mol. The van der Waals surface area contributed by atoms with Gasteiger partial charge in [0.15, 0.2) is 0 Å². The van der Waals surface area contributed by atoms with Crippen LogP contribution in [-0.2, 0) is 0 Å². The molecule has 1 N–H and O–H groups in total. The highest BCUT2D eigenvalue weighted by molar-refractivity contribution is 6.34. The van der Waals surface area contributed by atoms with Gasteiger partial charge in [0, 0.05) is 16.1 Å². The van der Waals surface area contributed by atoms with Crippen LogP contribution in [0.2, 0.25) is 10.0 Å². The highest BCUT2D eigenvalue weighted by atomic mass is 35.5. The lowest BCUT2D eigenvalue weighted by Crippen LogP contribution is -2.22. The van der Waals surface area contributed by atoms with Crippen LogP contribution >= 0.6 is 23.2 Å². The van der Waals surface area contributed by atoms with Crippen LogP contribution in [0.3, 0.4) is 0 Å². The first-order chi connectivity index (χ1) is 9.17. The Morgan fingerprint density at radius 3 is 2.21 bits per heavy atom. The maximum Gasteiger partial charge on any atom is 0.0424 e. The van der Waals surface area contributed by atoms with E-state index < -0.39 is 0 Å². The predicted octanol–water partition coefficient (Wildman–Crippen LogP) is 6.00. The summed E-state index contributed by atoms with van der Waals surface area (Å²) in [6, 6.07) is 6.22. The van der Waals surface area contributed by atoms with Gasteiger partial charge in [0.05, 0.1) is 0 Å². The average molecular weight is 302 g/mol. The summed E-state index contributed by atoms with van der Waals surface area (Å²) in [4.78, 5) is 0. The Morgan fingerprint density at radius 1 is 0.947 bits per heavy atom. The Balaban J connectivity index is 2.65. The number of benzene rings is 1. The van der Waals surface area contributed by atoms with Gasteiger partial charge in [-0.2, -0.15) is 0 Å². The van der Waals surface area contributed by atoms with Crippen LogP contribution in [0, 0.1) is 0 Å².